The maximum Gasteiger partial charge on any atom is 0.240 e. The third kappa shape index (κ3) is 4.80. The Balaban J connectivity index is 2.12. The molecule has 0 N–H and O–H groups in total. The van der Waals surface area contributed by atoms with Crippen LogP contribution in [0, 0.1) is 5.92 Å². The predicted molar refractivity (Wildman–Crippen MR) is 101 cm³/mol. The van der Waals surface area contributed by atoms with Gasteiger partial charge in [0.15, 0.2) is 0 Å². The van der Waals surface area contributed by atoms with Crippen LogP contribution in [-0.4, -0.2) is 54.1 Å². The van der Waals surface area contributed by atoms with Crippen molar-refractivity contribution < 1.29 is 9.53 Å². The second-order valence-corrected chi connectivity index (χ2v) is 8.04. The minimum Gasteiger partial charge on any atom is -0.373 e. The topological polar surface area (TPSA) is 32.8 Å². The number of nitrogens with zero attached hydrogens (tertiary/aromatic N) is 2. The highest BCUT2D eigenvalue weighted by atomic mass is 79.9. The zero-order chi connectivity index (χ0) is 17.9. The second-order valence-electron chi connectivity index (χ2n) is 7.19. The van der Waals surface area contributed by atoms with Gasteiger partial charge in [0, 0.05) is 31.2 Å². The molecular formula is C19H29BrN2O2. The molecule has 24 heavy (non-hydrogen) atoms. The van der Waals surface area contributed by atoms with Crippen LogP contribution in [0.3, 0.4) is 0 Å². The fourth-order valence-electron chi connectivity index (χ4n) is 3.49. The maximum atomic E-state index is 13.1. The first kappa shape index (κ1) is 19.4. The first-order valence-corrected chi connectivity index (χ1v) is 9.46. The predicted octanol–water partition coefficient (Wildman–Crippen LogP) is 3.54. The highest BCUT2D eigenvalue weighted by molar-refractivity contribution is 9.10. The molecule has 4 nitrogen and oxygen atoms in total. The number of ether oxygens (including phenoxy) is 1. The number of amides is 1. The lowest BCUT2D eigenvalue weighted by atomic mass is 9.99. The molecule has 0 bridgehead atoms. The van der Waals surface area contributed by atoms with E-state index in [1.54, 1.807) is 0 Å². The molecule has 2 rings (SSSR count). The van der Waals surface area contributed by atoms with Gasteiger partial charge in [-0.05, 0) is 31.4 Å². The number of morpholine rings is 1. The number of rotatable bonds is 5. The average molecular weight is 397 g/mol. The van der Waals surface area contributed by atoms with Crippen molar-refractivity contribution in [3.63, 3.8) is 0 Å². The summed E-state index contributed by atoms with van der Waals surface area (Å²) in [6.45, 7) is 10.6. The maximum absolute atomic E-state index is 13.1. The van der Waals surface area contributed by atoms with Gasteiger partial charge in [-0.3, -0.25) is 9.69 Å². The lowest BCUT2D eigenvalue weighted by Gasteiger charge is -2.42. The minimum atomic E-state index is -0.105. The normalized spacial score (nSPS) is 23.3. The van der Waals surface area contributed by atoms with Crippen LogP contribution >= 0.6 is 15.9 Å². The van der Waals surface area contributed by atoms with Gasteiger partial charge in [-0.1, -0.05) is 48.0 Å². The highest BCUT2D eigenvalue weighted by Gasteiger charge is 2.35. The van der Waals surface area contributed by atoms with Gasteiger partial charge in [0.05, 0.1) is 18.2 Å². The Morgan fingerprint density at radius 1 is 1.29 bits per heavy atom. The Kier molecular flexibility index (Phi) is 6.84. The van der Waals surface area contributed by atoms with E-state index in [-0.39, 0.29) is 30.1 Å². The van der Waals surface area contributed by atoms with Crippen LogP contribution in [0.15, 0.2) is 28.7 Å². The molecule has 0 saturated carbocycles. The molecule has 3 unspecified atom stereocenters. The summed E-state index contributed by atoms with van der Waals surface area (Å²) >= 11 is 3.57. The molecular weight excluding hydrogens is 368 g/mol. The van der Waals surface area contributed by atoms with Crippen molar-refractivity contribution in [2.75, 3.05) is 20.1 Å². The third-order valence-electron chi connectivity index (χ3n) is 4.47. The largest absolute Gasteiger partial charge is 0.373 e. The fourth-order valence-corrected chi connectivity index (χ4v) is 3.90. The first-order chi connectivity index (χ1) is 11.3. The molecule has 0 aromatic heterocycles. The van der Waals surface area contributed by atoms with Crippen molar-refractivity contribution in [3.8, 4) is 0 Å². The summed E-state index contributed by atoms with van der Waals surface area (Å²) in [7, 11) is 1.89. The lowest BCUT2D eigenvalue weighted by molar-refractivity contribution is -0.144. The molecule has 0 aliphatic carbocycles. The highest BCUT2D eigenvalue weighted by Crippen LogP contribution is 2.22. The monoisotopic (exact) mass is 396 g/mol. The summed E-state index contributed by atoms with van der Waals surface area (Å²) in [4.78, 5) is 17.3. The molecule has 0 radical (unpaired) electrons. The molecule has 1 aliphatic rings. The second kappa shape index (κ2) is 8.45. The van der Waals surface area contributed by atoms with Crippen LogP contribution in [0.4, 0.5) is 0 Å². The zero-order valence-corrected chi connectivity index (χ0v) is 16.9. The van der Waals surface area contributed by atoms with Crippen LogP contribution in [0.2, 0.25) is 0 Å². The number of carbonyl (C=O) groups is 1. The Hall–Kier alpha value is -0.910. The summed E-state index contributed by atoms with van der Waals surface area (Å²) in [6, 6.07) is 7.95. The van der Waals surface area contributed by atoms with Crippen LogP contribution in [-0.2, 0) is 16.1 Å². The van der Waals surface area contributed by atoms with Crippen molar-refractivity contribution in [2.45, 2.75) is 52.5 Å². The smallest absolute Gasteiger partial charge is 0.240 e. The third-order valence-corrected chi connectivity index (χ3v) is 5.24. The van der Waals surface area contributed by atoms with E-state index in [0.29, 0.717) is 6.54 Å². The average Bonchev–Trinajstić information content (AvgIpc) is 2.48. The molecule has 1 aromatic carbocycles. The summed E-state index contributed by atoms with van der Waals surface area (Å²) in [5.74, 6) is 0.443. The fraction of sp³-hybridized carbons (Fsp3) is 0.632. The summed E-state index contributed by atoms with van der Waals surface area (Å²) in [5, 5.41) is 0. The van der Waals surface area contributed by atoms with E-state index in [4.69, 9.17) is 4.74 Å². The van der Waals surface area contributed by atoms with Gasteiger partial charge in [-0.2, -0.15) is 0 Å². The van der Waals surface area contributed by atoms with E-state index in [2.05, 4.69) is 54.6 Å². The molecule has 3 atom stereocenters. The van der Waals surface area contributed by atoms with Crippen molar-refractivity contribution in [3.05, 3.63) is 34.3 Å². The van der Waals surface area contributed by atoms with E-state index < -0.39 is 0 Å². The number of halogens is 1. The zero-order valence-electron chi connectivity index (χ0n) is 15.3. The summed E-state index contributed by atoms with van der Waals surface area (Å²) in [6.07, 6.45) is 0.327. The number of hydrogen-bond acceptors (Lipinski definition) is 3. The van der Waals surface area contributed by atoms with Crippen LogP contribution in [0.5, 0.6) is 0 Å². The quantitative estimate of drug-likeness (QED) is 0.762. The van der Waals surface area contributed by atoms with Gasteiger partial charge >= 0.3 is 0 Å². The van der Waals surface area contributed by atoms with Crippen LogP contribution in [0.25, 0.3) is 0 Å². The molecule has 1 amide bonds. The Morgan fingerprint density at radius 3 is 2.42 bits per heavy atom. The minimum absolute atomic E-state index is 0.105. The number of hydrogen-bond donors (Lipinski definition) is 0. The molecule has 1 aliphatic heterocycles. The van der Waals surface area contributed by atoms with E-state index >= 15 is 0 Å². The number of likely N-dealkylation sites (N-methyl/N-ethyl adjacent to an activating group) is 1. The molecule has 1 saturated heterocycles. The van der Waals surface area contributed by atoms with Crippen molar-refractivity contribution in [1.82, 2.24) is 9.80 Å². The SMILES string of the molecule is CC1CN(C(C(=O)N(C)Cc2ccccc2Br)C(C)C)CC(C)O1. The molecule has 5 heteroatoms. The van der Waals surface area contributed by atoms with Gasteiger partial charge < -0.3 is 9.64 Å². The van der Waals surface area contributed by atoms with E-state index in [9.17, 15) is 4.79 Å². The molecule has 1 aromatic rings. The Morgan fingerprint density at radius 2 is 1.88 bits per heavy atom. The lowest BCUT2D eigenvalue weighted by Crippen LogP contribution is -2.57. The van der Waals surface area contributed by atoms with E-state index in [1.807, 2.05) is 30.1 Å². The molecule has 1 heterocycles. The van der Waals surface area contributed by atoms with Gasteiger partial charge in [0.25, 0.3) is 0 Å². The Bertz CT molecular complexity index is 554. The van der Waals surface area contributed by atoms with Crippen LogP contribution < -0.4 is 0 Å². The van der Waals surface area contributed by atoms with Gasteiger partial charge in [-0.15, -0.1) is 0 Å². The number of benzene rings is 1. The van der Waals surface area contributed by atoms with Crippen LogP contribution in [0.1, 0.15) is 33.3 Å². The first-order valence-electron chi connectivity index (χ1n) is 8.67. The van der Waals surface area contributed by atoms with E-state index in [1.165, 1.54) is 0 Å². The summed E-state index contributed by atoms with van der Waals surface area (Å²) in [5.41, 5.74) is 1.12. The van der Waals surface area contributed by atoms with Gasteiger partial charge in [0.1, 0.15) is 0 Å². The molecule has 134 valence electrons. The van der Waals surface area contributed by atoms with Gasteiger partial charge in [-0.25, -0.2) is 0 Å². The molecule has 0 spiro atoms. The van der Waals surface area contributed by atoms with Gasteiger partial charge in [0.2, 0.25) is 5.91 Å². The van der Waals surface area contributed by atoms with E-state index in [0.717, 1.165) is 23.1 Å². The Labute approximate surface area is 154 Å². The van der Waals surface area contributed by atoms with Crippen molar-refractivity contribution >= 4 is 21.8 Å². The molecule has 1 fully saturated rings. The van der Waals surface area contributed by atoms with Crippen molar-refractivity contribution in [2.24, 2.45) is 5.92 Å². The van der Waals surface area contributed by atoms with Crippen molar-refractivity contribution in [1.29, 1.82) is 0 Å². The standard InChI is InChI=1S/C19H29BrN2O2/c1-13(2)18(22-10-14(3)24-15(4)11-22)19(23)21(5)12-16-8-6-7-9-17(16)20/h6-9,13-15,18H,10-12H2,1-5H3. The summed E-state index contributed by atoms with van der Waals surface area (Å²) < 4.78 is 6.87. The number of carbonyl (C=O) groups excluding carboxylic acids is 1.